The van der Waals surface area contributed by atoms with Crippen LogP contribution in [0.4, 0.5) is 0 Å². The number of rotatable bonds is 7. The topological polar surface area (TPSA) is 24.5 Å². The van der Waals surface area contributed by atoms with Crippen molar-refractivity contribution in [2.75, 3.05) is 27.7 Å². The van der Waals surface area contributed by atoms with Gasteiger partial charge >= 0.3 is 0 Å². The lowest BCUT2D eigenvalue weighted by molar-refractivity contribution is 0.194. The largest absolute Gasteiger partial charge is 0.497 e. The van der Waals surface area contributed by atoms with Crippen LogP contribution in [-0.4, -0.2) is 38.2 Å². The van der Waals surface area contributed by atoms with Gasteiger partial charge in [-0.1, -0.05) is 31.4 Å². The molecule has 21 heavy (non-hydrogen) atoms. The second-order valence-electron chi connectivity index (χ2n) is 6.43. The first-order chi connectivity index (χ1) is 10.2. The zero-order valence-electron chi connectivity index (χ0n) is 13.8. The van der Waals surface area contributed by atoms with Crippen molar-refractivity contribution in [2.24, 2.45) is 0 Å². The Morgan fingerprint density at radius 2 is 1.81 bits per heavy atom. The Hall–Kier alpha value is -1.06. The first-order valence-corrected chi connectivity index (χ1v) is 8.18. The normalized spacial score (nSPS) is 17.9. The van der Waals surface area contributed by atoms with Crippen LogP contribution in [0.2, 0.25) is 0 Å². The van der Waals surface area contributed by atoms with Crippen LogP contribution in [0.5, 0.6) is 5.75 Å². The average molecular weight is 290 g/mol. The Bertz CT molecular complexity index is 410. The number of methoxy groups -OCH3 is 1. The molecule has 1 saturated carbocycles. The van der Waals surface area contributed by atoms with Crippen LogP contribution >= 0.6 is 0 Å². The monoisotopic (exact) mass is 290 g/mol. The van der Waals surface area contributed by atoms with Crippen molar-refractivity contribution in [3.05, 3.63) is 29.8 Å². The van der Waals surface area contributed by atoms with Gasteiger partial charge in [-0.3, -0.25) is 0 Å². The average Bonchev–Trinajstić information content (AvgIpc) is 2.54. The quantitative estimate of drug-likeness (QED) is 0.832. The first-order valence-electron chi connectivity index (χ1n) is 8.18. The summed E-state index contributed by atoms with van der Waals surface area (Å²) in [5.74, 6) is 0.928. The molecule has 1 N–H and O–H groups in total. The number of nitrogens with zero attached hydrogens (tertiary/aromatic N) is 1. The Morgan fingerprint density at radius 3 is 2.38 bits per heavy atom. The molecule has 0 aliphatic heterocycles. The van der Waals surface area contributed by atoms with Gasteiger partial charge in [0.2, 0.25) is 0 Å². The highest BCUT2D eigenvalue weighted by Crippen LogP contribution is 2.30. The maximum atomic E-state index is 5.21. The predicted octanol–water partition coefficient (Wildman–Crippen LogP) is 3.44. The van der Waals surface area contributed by atoms with Gasteiger partial charge in [0.15, 0.2) is 0 Å². The minimum absolute atomic E-state index is 0.381. The molecule has 1 aliphatic rings. The fourth-order valence-corrected chi connectivity index (χ4v) is 3.38. The molecule has 3 nitrogen and oxygen atoms in total. The van der Waals surface area contributed by atoms with E-state index in [9.17, 15) is 0 Å². The molecule has 1 fully saturated rings. The number of nitrogens with one attached hydrogen (secondary N) is 1. The molecule has 0 atom stereocenters. The van der Waals surface area contributed by atoms with E-state index in [0.717, 1.165) is 18.8 Å². The number of benzene rings is 1. The molecule has 0 saturated heterocycles. The lowest BCUT2D eigenvalue weighted by atomic mass is 9.79. The van der Waals surface area contributed by atoms with Gasteiger partial charge in [-0.2, -0.15) is 0 Å². The Morgan fingerprint density at radius 1 is 1.14 bits per heavy atom. The van der Waals surface area contributed by atoms with Crippen molar-refractivity contribution >= 4 is 0 Å². The van der Waals surface area contributed by atoms with E-state index in [4.69, 9.17) is 4.74 Å². The van der Waals surface area contributed by atoms with Crippen LogP contribution in [0.3, 0.4) is 0 Å². The minimum Gasteiger partial charge on any atom is -0.497 e. The number of hydrogen-bond donors (Lipinski definition) is 1. The highest BCUT2D eigenvalue weighted by Gasteiger charge is 2.29. The summed E-state index contributed by atoms with van der Waals surface area (Å²) in [4.78, 5) is 2.43. The lowest BCUT2D eigenvalue weighted by Crippen LogP contribution is -2.46. The summed E-state index contributed by atoms with van der Waals surface area (Å²) >= 11 is 0. The summed E-state index contributed by atoms with van der Waals surface area (Å²) in [6, 6.07) is 8.40. The Kier molecular flexibility index (Phi) is 6.07. The SMILES string of the molecule is CNC1(CCN(C)Cc2ccc(OC)cc2)CCCCC1. The third-order valence-electron chi connectivity index (χ3n) is 4.92. The van der Waals surface area contributed by atoms with Gasteiger partial charge in [0.05, 0.1) is 7.11 Å². The second kappa shape index (κ2) is 7.81. The summed E-state index contributed by atoms with van der Waals surface area (Å²) in [5, 5.41) is 3.61. The molecule has 0 heterocycles. The highest BCUT2D eigenvalue weighted by molar-refractivity contribution is 5.27. The van der Waals surface area contributed by atoms with Crippen molar-refractivity contribution in [2.45, 2.75) is 50.6 Å². The van der Waals surface area contributed by atoms with Crippen LogP contribution in [0.15, 0.2) is 24.3 Å². The smallest absolute Gasteiger partial charge is 0.118 e. The van der Waals surface area contributed by atoms with Crippen LogP contribution in [-0.2, 0) is 6.54 Å². The van der Waals surface area contributed by atoms with Gasteiger partial charge < -0.3 is 15.0 Å². The van der Waals surface area contributed by atoms with E-state index in [-0.39, 0.29) is 0 Å². The van der Waals surface area contributed by atoms with Crippen molar-refractivity contribution in [3.8, 4) is 5.75 Å². The molecule has 0 amide bonds. The molecule has 0 bridgehead atoms. The lowest BCUT2D eigenvalue weighted by Gasteiger charge is -2.38. The molecular formula is C18H30N2O. The van der Waals surface area contributed by atoms with Crippen molar-refractivity contribution < 1.29 is 4.74 Å². The molecule has 3 heteroatoms. The van der Waals surface area contributed by atoms with Crippen molar-refractivity contribution in [1.29, 1.82) is 0 Å². The van der Waals surface area contributed by atoms with Gasteiger partial charge in [-0.15, -0.1) is 0 Å². The zero-order chi connectivity index (χ0) is 15.1. The standard InChI is InChI=1S/C18H30N2O/c1-19-18(11-5-4-6-12-18)13-14-20(2)15-16-7-9-17(21-3)10-8-16/h7-10,19H,4-6,11-15H2,1-3H3. The van der Waals surface area contributed by atoms with Gasteiger partial charge in [-0.25, -0.2) is 0 Å². The minimum atomic E-state index is 0.381. The van der Waals surface area contributed by atoms with Gasteiger partial charge in [-0.05, 0) is 57.6 Å². The van der Waals surface area contributed by atoms with Crippen LogP contribution in [0.1, 0.15) is 44.1 Å². The summed E-state index contributed by atoms with van der Waals surface area (Å²) in [7, 11) is 6.06. The Labute approximate surface area is 129 Å². The third kappa shape index (κ3) is 4.72. The van der Waals surface area contributed by atoms with Gasteiger partial charge in [0.25, 0.3) is 0 Å². The summed E-state index contributed by atoms with van der Waals surface area (Å²) < 4.78 is 5.21. The molecule has 1 aromatic carbocycles. The molecule has 1 aliphatic carbocycles. The van der Waals surface area contributed by atoms with E-state index in [0.29, 0.717) is 5.54 Å². The second-order valence-corrected chi connectivity index (χ2v) is 6.43. The number of hydrogen-bond acceptors (Lipinski definition) is 3. The Balaban J connectivity index is 1.81. The molecule has 0 unspecified atom stereocenters. The van der Waals surface area contributed by atoms with Gasteiger partial charge in [0.1, 0.15) is 5.75 Å². The maximum absolute atomic E-state index is 5.21. The highest BCUT2D eigenvalue weighted by atomic mass is 16.5. The maximum Gasteiger partial charge on any atom is 0.118 e. The fourth-order valence-electron chi connectivity index (χ4n) is 3.38. The predicted molar refractivity (Wildman–Crippen MR) is 88.8 cm³/mol. The van der Waals surface area contributed by atoms with Crippen LogP contribution in [0, 0.1) is 0 Å². The van der Waals surface area contributed by atoms with E-state index < -0.39 is 0 Å². The summed E-state index contributed by atoms with van der Waals surface area (Å²) in [6.45, 7) is 2.15. The van der Waals surface area contributed by atoms with Crippen LogP contribution in [0.25, 0.3) is 0 Å². The van der Waals surface area contributed by atoms with E-state index >= 15 is 0 Å². The van der Waals surface area contributed by atoms with Crippen molar-refractivity contribution in [3.63, 3.8) is 0 Å². The summed E-state index contributed by atoms with van der Waals surface area (Å²) in [5.41, 5.74) is 1.73. The molecule has 2 rings (SSSR count). The molecule has 0 radical (unpaired) electrons. The fraction of sp³-hybridized carbons (Fsp3) is 0.667. The van der Waals surface area contributed by atoms with E-state index in [2.05, 4.69) is 36.4 Å². The molecular weight excluding hydrogens is 260 g/mol. The van der Waals surface area contributed by atoms with E-state index in [1.165, 1.54) is 44.1 Å². The summed E-state index contributed by atoms with van der Waals surface area (Å²) in [6.07, 6.45) is 8.08. The third-order valence-corrected chi connectivity index (χ3v) is 4.92. The number of ether oxygens (including phenoxy) is 1. The van der Waals surface area contributed by atoms with Gasteiger partial charge in [0, 0.05) is 12.1 Å². The molecule has 1 aromatic rings. The van der Waals surface area contributed by atoms with Crippen molar-refractivity contribution in [1.82, 2.24) is 10.2 Å². The van der Waals surface area contributed by atoms with E-state index in [1.807, 2.05) is 12.1 Å². The van der Waals surface area contributed by atoms with E-state index in [1.54, 1.807) is 7.11 Å². The first kappa shape index (κ1) is 16.3. The zero-order valence-corrected chi connectivity index (χ0v) is 13.8. The van der Waals surface area contributed by atoms with Crippen LogP contribution < -0.4 is 10.1 Å². The molecule has 0 aromatic heterocycles. The molecule has 0 spiro atoms. The molecule has 118 valence electrons.